The van der Waals surface area contributed by atoms with Crippen molar-refractivity contribution in [3.05, 3.63) is 22.2 Å². The summed E-state index contributed by atoms with van der Waals surface area (Å²) in [5.74, 6) is 0.924. The number of nitrogens with one attached hydrogen (secondary N) is 2. The van der Waals surface area contributed by atoms with Crippen LogP contribution in [0, 0.1) is 10.1 Å². The summed E-state index contributed by atoms with van der Waals surface area (Å²) in [7, 11) is 1.61. The molecule has 1 aromatic heterocycles. The summed E-state index contributed by atoms with van der Waals surface area (Å²) in [5.41, 5.74) is -0.0143. The Morgan fingerprint density at radius 2 is 2.27 bits per heavy atom. The van der Waals surface area contributed by atoms with Crippen LogP contribution in [0.5, 0.6) is 0 Å². The average Bonchev–Trinajstić information content (AvgIpc) is 2.25. The van der Waals surface area contributed by atoms with Crippen LogP contribution in [0.1, 0.15) is 13.3 Å². The van der Waals surface area contributed by atoms with E-state index < -0.39 is 4.92 Å². The standard InChI is InChI=1S/C9H14N4O2/c1-3-6-11-8-5-4-7(13(14)15)9(10-2)12-8/h4-5H,3,6H2,1-2H3,(H2,10,11,12). The van der Waals surface area contributed by atoms with Gasteiger partial charge in [-0.25, -0.2) is 4.98 Å². The van der Waals surface area contributed by atoms with Crippen molar-refractivity contribution in [2.45, 2.75) is 13.3 Å². The maximum absolute atomic E-state index is 10.6. The molecule has 82 valence electrons. The number of pyridine rings is 1. The topological polar surface area (TPSA) is 80.1 Å². The maximum Gasteiger partial charge on any atom is 0.311 e. The zero-order valence-electron chi connectivity index (χ0n) is 8.78. The second-order valence-corrected chi connectivity index (χ2v) is 3.00. The van der Waals surface area contributed by atoms with Crippen LogP contribution in [-0.2, 0) is 0 Å². The highest BCUT2D eigenvalue weighted by Crippen LogP contribution is 2.23. The van der Waals surface area contributed by atoms with Crippen LogP contribution in [0.4, 0.5) is 17.3 Å². The van der Waals surface area contributed by atoms with Gasteiger partial charge in [-0.3, -0.25) is 10.1 Å². The minimum absolute atomic E-state index is 0.0143. The van der Waals surface area contributed by atoms with Crippen LogP contribution in [-0.4, -0.2) is 23.5 Å². The van der Waals surface area contributed by atoms with Gasteiger partial charge in [0.05, 0.1) is 4.92 Å². The number of anilines is 2. The molecule has 0 spiro atoms. The Morgan fingerprint density at radius 3 is 2.80 bits per heavy atom. The molecule has 0 fully saturated rings. The third-order valence-corrected chi connectivity index (χ3v) is 1.86. The molecular weight excluding hydrogens is 196 g/mol. The number of rotatable bonds is 5. The molecule has 1 aromatic rings. The van der Waals surface area contributed by atoms with Crippen LogP contribution in [0.3, 0.4) is 0 Å². The fraction of sp³-hybridized carbons (Fsp3) is 0.444. The minimum atomic E-state index is -0.456. The van der Waals surface area contributed by atoms with E-state index in [0.717, 1.165) is 13.0 Å². The highest BCUT2D eigenvalue weighted by molar-refractivity contribution is 5.59. The normalized spacial score (nSPS) is 9.73. The van der Waals surface area contributed by atoms with Crippen molar-refractivity contribution in [2.75, 3.05) is 24.2 Å². The van der Waals surface area contributed by atoms with Crippen molar-refractivity contribution in [1.82, 2.24) is 4.98 Å². The third-order valence-electron chi connectivity index (χ3n) is 1.86. The van der Waals surface area contributed by atoms with Crippen molar-refractivity contribution < 1.29 is 4.92 Å². The summed E-state index contributed by atoms with van der Waals surface area (Å²) in [6.45, 7) is 2.84. The van der Waals surface area contributed by atoms with Crippen LogP contribution < -0.4 is 10.6 Å². The number of aromatic nitrogens is 1. The first-order valence-corrected chi connectivity index (χ1v) is 4.76. The highest BCUT2D eigenvalue weighted by Gasteiger charge is 2.14. The molecule has 0 saturated heterocycles. The van der Waals surface area contributed by atoms with Gasteiger partial charge < -0.3 is 10.6 Å². The molecule has 0 atom stereocenters. The van der Waals surface area contributed by atoms with Crippen molar-refractivity contribution >= 4 is 17.3 Å². The van der Waals surface area contributed by atoms with Crippen LogP contribution >= 0.6 is 0 Å². The lowest BCUT2D eigenvalue weighted by molar-refractivity contribution is -0.384. The van der Waals surface area contributed by atoms with E-state index in [1.807, 2.05) is 6.92 Å². The lowest BCUT2D eigenvalue weighted by atomic mass is 10.3. The Bertz CT molecular complexity index is 354. The molecule has 6 nitrogen and oxygen atoms in total. The van der Waals surface area contributed by atoms with Gasteiger partial charge in [-0.05, 0) is 12.5 Å². The smallest absolute Gasteiger partial charge is 0.311 e. The predicted octanol–water partition coefficient (Wildman–Crippen LogP) is 1.85. The largest absolute Gasteiger partial charge is 0.370 e. The number of hydrogen-bond donors (Lipinski definition) is 2. The second kappa shape index (κ2) is 5.14. The van der Waals surface area contributed by atoms with Gasteiger partial charge in [-0.2, -0.15) is 0 Å². The number of hydrogen-bond acceptors (Lipinski definition) is 5. The summed E-state index contributed by atoms with van der Waals surface area (Å²) >= 11 is 0. The molecule has 1 rings (SSSR count). The van der Waals surface area contributed by atoms with E-state index in [9.17, 15) is 10.1 Å². The van der Waals surface area contributed by atoms with Gasteiger partial charge in [0, 0.05) is 19.7 Å². The average molecular weight is 210 g/mol. The summed E-state index contributed by atoms with van der Waals surface area (Å²) in [4.78, 5) is 14.2. The molecule has 0 aliphatic heterocycles. The Kier molecular flexibility index (Phi) is 3.84. The van der Waals surface area contributed by atoms with E-state index >= 15 is 0 Å². The molecule has 0 radical (unpaired) electrons. The highest BCUT2D eigenvalue weighted by atomic mass is 16.6. The van der Waals surface area contributed by atoms with Crippen molar-refractivity contribution in [3.8, 4) is 0 Å². The molecule has 0 aromatic carbocycles. The van der Waals surface area contributed by atoms with Crippen molar-refractivity contribution in [1.29, 1.82) is 0 Å². The van der Waals surface area contributed by atoms with Gasteiger partial charge in [-0.15, -0.1) is 0 Å². The number of nitro groups is 1. The lowest BCUT2D eigenvalue weighted by Crippen LogP contribution is -2.05. The Balaban J connectivity index is 2.92. The van der Waals surface area contributed by atoms with Gasteiger partial charge in [0.25, 0.3) is 0 Å². The summed E-state index contributed by atoms with van der Waals surface area (Å²) in [5, 5.41) is 16.4. The van der Waals surface area contributed by atoms with Crippen LogP contribution in [0.15, 0.2) is 12.1 Å². The Hall–Kier alpha value is -1.85. The summed E-state index contributed by atoms with van der Waals surface area (Å²) < 4.78 is 0. The fourth-order valence-corrected chi connectivity index (χ4v) is 1.13. The Morgan fingerprint density at radius 1 is 1.53 bits per heavy atom. The molecule has 0 bridgehead atoms. The SMILES string of the molecule is CCCNc1ccc([N+](=O)[O-])c(NC)n1. The first-order valence-electron chi connectivity index (χ1n) is 4.76. The van der Waals surface area contributed by atoms with E-state index in [1.54, 1.807) is 13.1 Å². The van der Waals surface area contributed by atoms with E-state index in [1.165, 1.54) is 6.07 Å². The first kappa shape index (κ1) is 11.2. The van der Waals surface area contributed by atoms with Crippen molar-refractivity contribution in [3.63, 3.8) is 0 Å². The van der Waals surface area contributed by atoms with Gasteiger partial charge in [-0.1, -0.05) is 6.92 Å². The fourth-order valence-electron chi connectivity index (χ4n) is 1.13. The molecule has 1 heterocycles. The van der Waals surface area contributed by atoms with E-state index in [0.29, 0.717) is 5.82 Å². The molecule has 0 aliphatic carbocycles. The van der Waals surface area contributed by atoms with Gasteiger partial charge >= 0.3 is 5.69 Å². The summed E-state index contributed by atoms with van der Waals surface area (Å²) in [6.07, 6.45) is 0.980. The molecule has 6 heteroatoms. The molecule has 2 N–H and O–H groups in total. The molecule has 0 aliphatic rings. The monoisotopic (exact) mass is 210 g/mol. The zero-order valence-corrected chi connectivity index (χ0v) is 8.78. The second-order valence-electron chi connectivity index (χ2n) is 3.00. The van der Waals surface area contributed by atoms with E-state index in [4.69, 9.17) is 0 Å². The van der Waals surface area contributed by atoms with Gasteiger partial charge in [0.15, 0.2) is 0 Å². The molecule has 15 heavy (non-hydrogen) atoms. The lowest BCUT2D eigenvalue weighted by Gasteiger charge is -2.06. The van der Waals surface area contributed by atoms with E-state index in [-0.39, 0.29) is 11.5 Å². The van der Waals surface area contributed by atoms with Crippen molar-refractivity contribution in [2.24, 2.45) is 0 Å². The molecule has 0 amide bonds. The summed E-state index contributed by atoms with van der Waals surface area (Å²) in [6, 6.07) is 3.05. The molecular formula is C9H14N4O2. The third kappa shape index (κ3) is 2.80. The van der Waals surface area contributed by atoms with Gasteiger partial charge in [0.1, 0.15) is 5.82 Å². The maximum atomic E-state index is 10.6. The molecule has 0 unspecified atom stereocenters. The van der Waals surface area contributed by atoms with Gasteiger partial charge in [0.2, 0.25) is 5.82 Å². The van der Waals surface area contributed by atoms with E-state index in [2.05, 4.69) is 15.6 Å². The Labute approximate surface area is 87.9 Å². The van der Waals surface area contributed by atoms with Crippen LogP contribution in [0.25, 0.3) is 0 Å². The van der Waals surface area contributed by atoms with Crippen LogP contribution in [0.2, 0.25) is 0 Å². The molecule has 0 saturated carbocycles. The number of nitrogens with zero attached hydrogens (tertiary/aromatic N) is 2. The quantitative estimate of drug-likeness (QED) is 0.572. The predicted molar refractivity (Wildman–Crippen MR) is 59.2 cm³/mol. The minimum Gasteiger partial charge on any atom is -0.370 e. The zero-order chi connectivity index (χ0) is 11.3. The first-order chi connectivity index (χ1) is 7.19.